The van der Waals surface area contributed by atoms with Gasteiger partial charge in [-0.25, -0.2) is 0 Å². The summed E-state index contributed by atoms with van der Waals surface area (Å²) in [5.41, 5.74) is 2.44. The van der Waals surface area contributed by atoms with Crippen LogP contribution in [0.25, 0.3) is 0 Å². The molecule has 3 rings (SSSR count). The van der Waals surface area contributed by atoms with E-state index in [4.69, 9.17) is 0 Å². The van der Waals surface area contributed by atoms with E-state index in [0.29, 0.717) is 19.1 Å². The van der Waals surface area contributed by atoms with Crippen LogP contribution in [0.15, 0.2) is 42.7 Å². The van der Waals surface area contributed by atoms with Gasteiger partial charge in [0, 0.05) is 38.6 Å². The SMILES string of the molecule is C[C@@H]1CCN(C)c2ccccc2N1C[C@H](O)Cn1cccn1. The lowest BCUT2D eigenvalue weighted by atomic mass is 10.1. The molecule has 0 bridgehead atoms. The van der Waals surface area contributed by atoms with Crippen LogP contribution in [-0.4, -0.2) is 47.2 Å². The smallest absolute Gasteiger partial charge is 0.0910 e. The van der Waals surface area contributed by atoms with Gasteiger partial charge in [-0.05, 0) is 31.5 Å². The first kappa shape index (κ1) is 14.9. The highest BCUT2D eigenvalue weighted by molar-refractivity contribution is 5.72. The predicted octanol–water partition coefficient (Wildman–Crippen LogP) is 1.98. The molecule has 5 heteroatoms. The fourth-order valence-electron chi connectivity index (χ4n) is 3.11. The number of nitrogens with zero attached hydrogens (tertiary/aromatic N) is 4. The lowest BCUT2D eigenvalue weighted by Gasteiger charge is -2.32. The standard InChI is InChI=1S/C17H24N4O/c1-14-8-11-19(2)16-6-3-4-7-17(16)21(14)13-15(22)12-20-10-5-9-18-20/h3-7,9-10,14-15,22H,8,11-13H2,1-2H3/t14-,15-/m1/s1. The zero-order chi connectivity index (χ0) is 15.5. The molecule has 0 fully saturated rings. The van der Waals surface area contributed by atoms with Gasteiger partial charge in [-0.1, -0.05) is 12.1 Å². The lowest BCUT2D eigenvalue weighted by Crippen LogP contribution is -2.40. The van der Waals surface area contributed by atoms with Crippen molar-refractivity contribution in [3.05, 3.63) is 42.7 Å². The number of hydrogen-bond donors (Lipinski definition) is 1. The molecule has 0 aliphatic carbocycles. The summed E-state index contributed by atoms with van der Waals surface area (Å²) in [5, 5.41) is 14.6. The van der Waals surface area contributed by atoms with Crippen LogP contribution in [0.3, 0.4) is 0 Å². The van der Waals surface area contributed by atoms with Gasteiger partial charge in [0.15, 0.2) is 0 Å². The number of aliphatic hydroxyl groups is 1. The van der Waals surface area contributed by atoms with Crippen molar-refractivity contribution in [3.8, 4) is 0 Å². The van der Waals surface area contributed by atoms with Gasteiger partial charge in [0.05, 0.1) is 24.0 Å². The minimum Gasteiger partial charge on any atom is -0.389 e. The molecule has 0 amide bonds. The number of benzene rings is 1. The van der Waals surface area contributed by atoms with Crippen LogP contribution in [0.1, 0.15) is 13.3 Å². The van der Waals surface area contributed by atoms with Crippen LogP contribution in [0.2, 0.25) is 0 Å². The summed E-state index contributed by atoms with van der Waals surface area (Å²) in [6.07, 6.45) is 4.26. The maximum atomic E-state index is 10.5. The monoisotopic (exact) mass is 300 g/mol. The van der Waals surface area contributed by atoms with E-state index >= 15 is 0 Å². The molecule has 1 N–H and O–H groups in total. The third kappa shape index (κ3) is 3.09. The summed E-state index contributed by atoms with van der Waals surface area (Å²) < 4.78 is 1.78. The highest BCUT2D eigenvalue weighted by Crippen LogP contribution is 2.33. The zero-order valence-electron chi connectivity index (χ0n) is 13.3. The van der Waals surface area contributed by atoms with Crippen LogP contribution in [0.4, 0.5) is 11.4 Å². The summed E-state index contributed by atoms with van der Waals surface area (Å²) in [4.78, 5) is 4.62. The van der Waals surface area contributed by atoms with Crippen molar-refractivity contribution in [3.63, 3.8) is 0 Å². The molecule has 1 aliphatic rings. The highest BCUT2D eigenvalue weighted by Gasteiger charge is 2.25. The quantitative estimate of drug-likeness (QED) is 0.938. The second-order valence-corrected chi connectivity index (χ2v) is 6.08. The normalized spacial score (nSPS) is 19.7. The molecule has 0 saturated carbocycles. The van der Waals surface area contributed by atoms with E-state index < -0.39 is 6.10 Å². The minimum absolute atomic E-state index is 0.401. The Morgan fingerprint density at radius 1 is 1.23 bits per heavy atom. The Morgan fingerprint density at radius 2 is 2.00 bits per heavy atom. The van der Waals surface area contributed by atoms with E-state index in [1.54, 1.807) is 10.9 Å². The van der Waals surface area contributed by atoms with E-state index in [-0.39, 0.29) is 0 Å². The van der Waals surface area contributed by atoms with Crippen molar-refractivity contribution in [1.29, 1.82) is 0 Å². The summed E-state index contributed by atoms with van der Waals surface area (Å²) in [7, 11) is 2.13. The maximum absolute atomic E-state index is 10.5. The number of fused-ring (bicyclic) bond motifs is 1. The van der Waals surface area contributed by atoms with Crippen molar-refractivity contribution in [2.75, 3.05) is 29.9 Å². The van der Waals surface area contributed by atoms with Gasteiger partial charge < -0.3 is 14.9 Å². The predicted molar refractivity (Wildman–Crippen MR) is 89.4 cm³/mol. The number of para-hydroxylation sites is 2. The van der Waals surface area contributed by atoms with E-state index in [9.17, 15) is 5.11 Å². The van der Waals surface area contributed by atoms with Crippen LogP contribution in [0, 0.1) is 0 Å². The Balaban J connectivity index is 1.80. The molecule has 2 atom stereocenters. The summed E-state index contributed by atoms with van der Waals surface area (Å²) in [6, 6.07) is 10.7. The molecule has 22 heavy (non-hydrogen) atoms. The van der Waals surface area contributed by atoms with E-state index in [1.165, 1.54) is 11.4 Å². The molecule has 2 aromatic rings. The lowest BCUT2D eigenvalue weighted by molar-refractivity contribution is 0.152. The molecule has 2 heterocycles. The number of hydrogen-bond acceptors (Lipinski definition) is 4. The summed E-state index contributed by atoms with van der Waals surface area (Å²) in [5.74, 6) is 0. The fraction of sp³-hybridized carbons (Fsp3) is 0.471. The van der Waals surface area contributed by atoms with E-state index in [1.807, 2.05) is 12.3 Å². The Labute approximate surface area is 131 Å². The average molecular weight is 300 g/mol. The van der Waals surface area contributed by atoms with Crippen LogP contribution >= 0.6 is 0 Å². The van der Waals surface area contributed by atoms with Crippen molar-refractivity contribution < 1.29 is 5.11 Å². The first-order chi connectivity index (χ1) is 10.6. The fourth-order valence-corrected chi connectivity index (χ4v) is 3.11. The zero-order valence-corrected chi connectivity index (χ0v) is 13.3. The van der Waals surface area contributed by atoms with Gasteiger partial charge in [0.25, 0.3) is 0 Å². The number of β-amino-alcohol motifs (C(OH)–C–C–N with tert-alkyl or cyclic N) is 1. The third-order valence-corrected chi connectivity index (χ3v) is 4.38. The molecule has 0 radical (unpaired) electrons. The number of aromatic nitrogens is 2. The molecule has 0 saturated heterocycles. The Bertz CT molecular complexity index is 598. The number of anilines is 2. The van der Waals surface area contributed by atoms with Crippen molar-refractivity contribution in [2.45, 2.75) is 32.0 Å². The topological polar surface area (TPSA) is 44.5 Å². The maximum Gasteiger partial charge on any atom is 0.0910 e. The number of rotatable bonds is 4. The van der Waals surface area contributed by atoms with Gasteiger partial charge in [0.1, 0.15) is 0 Å². The summed E-state index contributed by atoms with van der Waals surface area (Å²) >= 11 is 0. The number of aliphatic hydroxyl groups excluding tert-OH is 1. The first-order valence-corrected chi connectivity index (χ1v) is 7.87. The largest absolute Gasteiger partial charge is 0.389 e. The summed E-state index contributed by atoms with van der Waals surface area (Å²) in [6.45, 7) is 4.40. The van der Waals surface area contributed by atoms with Gasteiger partial charge >= 0.3 is 0 Å². The Hall–Kier alpha value is -2.01. The first-order valence-electron chi connectivity index (χ1n) is 7.87. The molecule has 0 unspecified atom stereocenters. The molecule has 5 nitrogen and oxygen atoms in total. The van der Waals surface area contributed by atoms with Gasteiger partial charge in [-0.2, -0.15) is 5.10 Å². The molecule has 118 valence electrons. The minimum atomic E-state index is -0.446. The van der Waals surface area contributed by atoms with E-state index in [2.05, 4.69) is 53.1 Å². The molecule has 0 spiro atoms. The van der Waals surface area contributed by atoms with Gasteiger partial charge in [-0.15, -0.1) is 0 Å². The van der Waals surface area contributed by atoms with Crippen LogP contribution in [-0.2, 0) is 6.54 Å². The highest BCUT2D eigenvalue weighted by atomic mass is 16.3. The van der Waals surface area contributed by atoms with Gasteiger partial charge in [0.2, 0.25) is 0 Å². The molecule has 1 aliphatic heterocycles. The second kappa shape index (κ2) is 6.40. The third-order valence-electron chi connectivity index (χ3n) is 4.38. The van der Waals surface area contributed by atoms with Crippen LogP contribution in [0.5, 0.6) is 0 Å². The van der Waals surface area contributed by atoms with E-state index in [0.717, 1.165) is 13.0 Å². The Morgan fingerprint density at radius 3 is 2.73 bits per heavy atom. The van der Waals surface area contributed by atoms with Crippen molar-refractivity contribution in [2.24, 2.45) is 0 Å². The Kier molecular flexibility index (Phi) is 4.34. The molecular formula is C17H24N4O. The molecule has 1 aromatic carbocycles. The van der Waals surface area contributed by atoms with Crippen molar-refractivity contribution >= 4 is 11.4 Å². The van der Waals surface area contributed by atoms with Gasteiger partial charge in [-0.3, -0.25) is 4.68 Å². The van der Waals surface area contributed by atoms with Crippen LogP contribution < -0.4 is 9.80 Å². The molecular weight excluding hydrogens is 276 g/mol. The van der Waals surface area contributed by atoms with Crippen molar-refractivity contribution in [1.82, 2.24) is 9.78 Å². The second-order valence-electron chi connectivity index (χ2n) is 6.08. The molecule has 1 aromatic heterocycles. The average Bonchev–Trinajstić information content (AvgIpc) is 2.99.